The third-order valence-electron chi connectivity index (χ3n) is 7.92. The molecule has 5 aromatic rings. The quantitative estimate of drug-likeness (QED) is 0.123. The van der Waals surface area contributed by atoms with Crippen molar-refractivity contribution in [3.8, 4) is 0 Å². The topological polar surface area (TPSA) is 154 Å². The maximum Gasteiger partial charge on any atom is 0.408 e. The van der Waals surface area contributed by atoms with Crippen molar-refractivity contribution in [1.82, 2.24) is 25.9 Å². The van der Waals surface area contributed by atoms with E-state index in [9.17, 15) is 19.2 Å². The van der Waals surface area contributed by atoms with Gasteiger partial charge in [0.1, 0.15) is 23.7 Å². The second-order valence-electron chi connectivity index (χ2n) is 12.7. The summed E-state index contributed by atoms with van der Waals surface area (Å²) in [7, 11) is 1.26. The number of hydrogen-bond acceptors (Lipinski definition) is 6. The summed E-state index contributed by atoms with van der Waals surface area (Å²) < 4.78 is 10.5. The number of carbonyl (C=O) groups is 4. The Labute approximate surface area is 278 Å². The highest BCUT2D eigenvalue weighted by Crippen LogP contribution is 2.21. The molecule has 0 radical (unpaired) electrons. The molecule has 0 aliphatic heterocycles. The van der Waals surface area contributed by atoms with Crippen molar-refractivity contribution < 1.29 is 28.7 Å². The van der Waals surface area contributed by atoms with E-state index >= 15 is 0 Å². The Morgan fingerprint density at radius 1 is 0.646 bits per heavy atom. The summed E-state index contributed by atoms with van der Waals surface area (Å²) >= 11 is 0. The number of ether oxygens (including phenoxy) is 2. The van der Waals surface area contributed by atoms with Crippen LogP contribution >= 0.6 is 0 Å². The van der Waals surface area contributed by atoms with Crippen LogP contribution in [-0.2, 0) is 43.1 Å². The van der Waals surface area contributed by atoms with Gasteiger partial charge in [0.05, 0.1) is 7.11 Å². The molecule has 11 heteroatoms. The number of fused-ring (bicyclic) bond motifs is 2. The molecular formula is C37H41N5O6. The van der Waals surface area contributed by atoms with E-state index in [1.54, 1.807) is 33.2 Å². The molecule has 0 aliphatic carbocycles. The molecule has 5 N–H and O–H groups in total. The Balaban J connectivity index is 1.42. The van der Waals surface area contributed by atoms with Crippen molar-refractivity contribution in [3.05, 3.63) is 108 Å². The molecular weight excluding hydrogens is 610 g/mol. The van der Waals surface area contributed by atoms with E-state index < -0.39 is 47.6 Å². The van der Waals surface area contributed by atoms with Crippen molar-refractivity contribution in [2.75, 3.05) is 7.11 Å². The number of hydrogen-bond donors (Lipinski definition) is 5. The zero-order valence-electron chi connectivity index (χ0n) is 27.5. The highest BCUT2D eigenvalue weighted by Gasteiger charge is 2.32. The second kappa shape index (κ2) is 14.9. The van der Waals surface area contributed by atoms with E-state index in [-0.39, 0.29) is 19.3 Å². The van der Waals surface area contributed by atoms with Crippen molar-refractivity contribution >= 4 is 45.7 Å². The number of alkyl carbamates (subject to hydrolysis) is 1. The molecule has 0 fully saturated rings. The van der Waals surface area contributed by atoms with Crippen LogP contribution in [0.2, 0.25) is 0 Å². The largest absolute Gasteiger partial charge is 0.467 e. The lowest BCUT2D eigenvalue weighted by molar-refractivity contribution is -0.145. The molecule has 3 aromatic carbocycles. The Kier molecular flexibility index (Phi) is 10.5. The van der Waals surface area contributed by atoms with E-state index in [1.165, 1.54) is 7.11 Å². The summed E-state index contributed by atoms with van der Waals surface area (Å²) in [6.07, 6.45) is 3.25. The summed E-state index contributed by atoms with van der Waals surface area (Å²) in [6.45, 7) is 5.19. The first kappa shape index (κ1) is 33.8. The number of benzene rings is 3. The number of rotatable bonds is 12. The van der Waals surface area contributed by atoms with Gasteiger partial charge >= 0.3 is 12.1 Å². The molecule has 11 nitrogen and oxygen atoms in total. The minimum atomic E-state index is -1.12. The number of methoxy groups -OCH3 is 1. The Morgan fingerprint density at radius 2 is 1.12 bits per heavy atom. The highest BCUT2D eigenvalue weighted by atomic mass is 16.6. The lowest BCUT2D eigenvalue weighted by atomic mass is 10.0. The Morgan fingerprint density at radius 3 is 1.67 bits per heavy atom. The average Bonchev–Trinajstić information content (AvgIpc) is 3.67. The van der Waals surface area contributed by atoms with Gasteiger partial charge in [-0.3, -0.25) is 9.59 Å². The first-order valence-corrected chi connectivity index (χ1v) is 15.8. The third-order valence-corrected chi connectivity index (χ3v) is 7.92. The lowest BCUT2D eigenvalue weighted by Gasteiger charge is -2.26. The van der Waals surface area contributed by atoms with Crippen molar-refractivity contribution in [3.63, 3.8) is 0 Å². The molecule has 0 saturated heterocycles. The first-order valence-electron chi connectivity index (χ1n) is 15.8. The van der Waals surface area contributed by atoms with Gasteiger partial charge in [-0.2, -0.15) is 0 Å². The molecule has 0 aliphatic rings. The van der Waals surface area contributed by atoms with Crippen LogP contribution in [0.5, 0.6) is 0 Å². The second-order valence-corrected chi connectivity index (χ2v) is 12.7. The minimum Gasteiger partial charge on any atom is -0.467 e. The molecule has 250 valence electrons. The highest BCUT2D eigenvalue weighted by molar-refractivity contribution is 5.94. The van der Waals surface area contributed by atoms with Gasteiger partial charge in [-0.05, 0) is 49.6 Å². The summed E-state index contributed by atoms with van der Waals surface area (Å²) in [6, 6.07) is 21.3. The van der Waals surface area contributed by atoms with Crippen LogP contribution in [0.1, 0.15) is 37.5 Å². The fourth-order valence-corrected chi connectivity index (χ4v) is 5.64. The van der Waals surface area contributed by atoms with Gasteiger partial charge in [-0.1, -0.05) is 66.7 Å². The molecule has 3 amide bonds. The molecule has 48 heavy (non-hydrogen) atoms. The van der Waals surface area contributed by atoms with E-state index in [1.807, 2.05) is 78.9 Å². The fraction of sp³-hybridized carbons (Fsp3) is 0.297. The van der Waals surface area contributed by atoms with E-state index in [0.29, 0.717) is 0 Å². The number of nitrogens with one attached hydrogen (secondary N) is 5. The normalized spacial score (nSPS) is 13.3. The van der Waals surface area contributed by atoms with Crippen LogP contribution in [0.25, 0.3) is 21.8 Å². The Bertz CT molecular complexity index is 1890. The number of para-hydroxylation sites is 2. The lowest BCUT2D eigenvalue weighted by Crippen LogP contribution is -2.57. The average molecular weight is 652 g/mol. The van der Waals surface area contributed by atoms with Crippen molar-refractivity contribution in [1.29, 1.82) is 0 Å². The molecule has 2 heterocycles. The summed E-state index contributed by atoms with van der Waals surface area (Å²) in [5.74, 6) is -1.80. The van der Waals surface area contributed by atoms with Crippen LogP contribution in [-0.4, -0.2) is 64.7 Å². The zero-order valence-corrected chi connectivity index (χ0v) is 27.5. The molecule has 0 spiro atoms. The maximum absolute atomic E-state index is 14.1. The molecule has 2 aromatic heterocycles. The molecule has 0 saturated carbocycles. The predicted octanol–water partition coefficient (Wildman–Crippen LogP) is 4.71. The van der Waals surface area contributed by atoms with E-state index in [4.69, 9.17) is 9.47 Å². The predicted molar refractivity (Wildman–Crippen MR) is 183 cm³/mol. The van der Waals surface area contributed by atoms with Crippen molar-refractivity contribution in [2.45, 2.75) is 63.8 Å². The van der Waals surface area contributed by atoms with Gasteiger partial charge in [0.2, 0.25) is 11.8 Å². The summed E-state index contributed by atoms with van der Waals surface area (Å²) in [5, 5.41) is 10.2. The van der Waals surface area contributed by atoms with Crippen molar-refractivity contribution in [2.24, 2.45) is 0 Å². The van der Waals surface area contributed by atoms with E-state index in [2.05, 4.69) is 25.9 Å². The SMILES string of the molecule is COC(=O)[C@H](Cc1c[nH]c2ccccc12)NC(=O)[C@H](Cc1c[nH]c2ccccc12)NC(=O)[C@H](Cc1ccccc1)NC(=O)OC(C)(C)C. The molecule has 0 unspecified atom stereocenters. The molecule has 3 atom stereocenters. The van der Waals surface area contributed by atoms with E-state index in [0.717, 1.165) is 38.5 Å². The van der Waals surface area contributed by atoms with Gasteiger partial charge in [0.15, 0.2) is 0 Å². The number of esters is 1. The molecule has 5 rings (SSSR count). The zero-order chi connectivity index (χ0) is 34.3. The maximum atomic E-state index is 14.1. The van der Waals surface area contributed by atoms with Gasteiger partial charge in [0.25, 0.3) is 0 Å². The first-order chi connectivity index (χ1) is 23.0. The number of aromatic amines is 2. The fourth-order valence-electron chi connectivity index (χ4n) is 5.64. The number of H-pyrrole nitrogens is 2. The smallest absolute Gasteiger partial charge is 0.408 e. The Hall–Kier alpha value is -5.58. The van der Waals surface area contributed by atoms with Gasteiger partial charge in [0, 0.05) is 53.5 Å². The monoisotopic (exact) mass is 651 g/mol. The minimum absolute atomic E-state index is 0.104. The summed E-state index contributed by atoms with van der Waals surface area (Å²) in [4.78, 5) is 60.3. The number of carbonyl (C=O) groups excluding carboxylic acids is 4. The van der Waals surface area contributed by atoms with Gasteiger partial charge < -0.3 is 35.4 Å². The standard InChI is InChI=1S/C37H41N5O6/c1-37(2,3)48-36(46)42-30(18-23-12-6-5-7-13-23)33(43)40-31(19-24-21-38-28-16-10-8-14-26(24)28)34(44)41-32(35(45)47-4)20-25-22-39-29-17-11-9-15-27(25)29/h5-17,21-22,30-32,38-39H,18-20H2,1-4H3,(H,40,43)(H,41,44)(H,42,46)/t30-,31-,32-/m0/s1. The number of amides is 3. The third kappa shape index (κ3) is 8.61. The summed E-state index contributed by atoms with van der Waals surface area (Å²) in [5.41, 5.74) is 3.39. The van der Waals surface area contributed by atoms with Crippen LogP contribution in [0.15, 0.2) is 91.3 Å². The van der Waals surface area contributed by atoms with Crippen LogP contribution in [0.4, 0.5) is 4.79 Å². The van der Waals surface area contributed by atoms with Crippen LogP contribution in [0, 0.1) is 0 Å². The number of aromatic nitrogens is 2. The van der Waals surface area contributed by atoms with Crippen LogP contribution < -0.4 is 16.0 Å². The van der Waals surface area contributed by atoms with Gasteiger partial charge in [-0.25, -0.2) is 9.59 Å². The molecule has 0 bridgehead atoms. The van der Waals surface area contributed by atoms with Crippen LogP contribution in [0.3, 0.4) is 0 Å². The van der Waals surface area contributed by atoms with Gasteiger partial charge in [-0.15, -0.1) is 0 Å².